The molecule has 0 saturated carbocycles. The smallest absolute Gasteiger partial charge is 0.195 e. The number of azide groups is 1. The summed E-state index contributed by atoms with van der Waals surface area (Å²) < 4.78 is 48.8. The molecule has 7 nitrogen and oxygen atoms in total. The predicted octanol–water partition coefficient (Wildman–Crippen LogP) is 6.20. The predicted molar refractivity (Wildman–Crippen MR) is 118 cm³/mol. The second-order valence-electron chi connectivity index (χ2n) is 7.10. The lowest BCUT2D eigenvalue weighted by atomic mass is 10.1. The van der Waals surface area contributed by atoms with E-state index >= 15 is 0 Å². The van der Waals surface area contributed by atoms with E-state index in [0.717, 1.165) is 25.0 Å². The van der Waals surface area contributed by atoms with Crippen LogP contribution in [-0.2, 0) is 0 Å². The van der Waals surface area contributed by atoms with Gasteiger partial charge in [0.2, 0.25) is 0 Å². The van der Waals surface area contributed by atoms with Gasteiger partial charge >= 0.3 is 0 Å². The summed E-state index contributed by atoms with van der Waals surface area (Å²) in [5.41, 5.74) is 7.55. The Morgan fingerprint density at radius 3 is 2.53 bits per heavy atom. The molecule has 2 N–H and O–H groups in total. The molecule has 0 aliphatic carbocycles. The van der Waals surface area contributed by atoms with Gasteiger partial charge in [-0.3, -0.25) is 4.79 Å². The fraction of sp³-hybridized carbons (Fsp3) is 0.318. The van der Waals surface area contributed by atoms with Crippen molar-refractivity contribution in [2.24, 2.45) is 5.11 Å². The fourth-order valence-electron chi connectivity index (χ4n) is 3.20. The van der Waals surface area contributed by atoms with Gasteiger partial charge in [-0.05, 0) is 36.6 Å². The largest absolute Gasteiger partial charge is 0.453 e. The maximum Gasteiger partial charge on any atom is 0.195 e. The van der Waals surface area contributed by atoms with Crippen LogP contribution in [-0.4, -0.2) is 19.6 Å². The van der Waals surface area contributed by atoms with Crippen molar-refractivity contribution in [3.05, 3.63) is 68.4 Å². The highest BCUT2D eigenvalue weighted by Gasteiger charge is 2.19. The summed E-state index contributed by atoms with van der Waals surface area (Å²) >= 11 is 0. The molecule has 1 heterocycles. The van der Waals surface area contributed by atoms with Crippen molar-refractivity contribution >= 4 is 22.3 Å². The summed E-state index contributed by atoms with van der Waals surface area (Å²) in [5.74, 6) is -2.54. The normalized spacial score (nSPS) is 10.8. The van der Waals surface area contributed by atoms with Gasteiger partial charge in [-0.2, -0.15) is 0 Å². The highest BCUT2D eigenvalue weighted by molar-refractivity contribution is 5.91. The van der Waals surface area contributed by atoms with Crippen LogP contribution < -0.4 is 16.1 Å². The maximum atomic E-state index is 14.5. The third-order valence-electron chi connectivity index (χ3n) is 4.81. The Hall–Kier alpha value is -3.65. The van der Waals surface area contributed by atoms with Crippen LogP contribution in [0.5, 0.6) is 0 Å². The van der Waals surface area contributed by atoms with E-state index in [0.29, 0.717) is 25.6 Å². The first-order valence-corrected chi connectivity index (χ1v) is 10.2. The van der Waals surface area contributed by atoms with Crippen LogP contribution in [0.15, 0.2) is 44.7 Å². The van der Waals surface area contributed by atoms with E-state index in [-0.39, 0.29) is 34.6 Å². The van der Waals surface area contributed by atoms with Crippen LogP contribution in [0.25, 0.3) is 32.7 Å². The van der Waals surface area contributed by atoms with E-state index in [4.69, 9.17) is 9.95 Å². The van der Waals surface area contributed by atoms with E-state index in [1.807, 2.05) is 6.92 Å². The van der Waals surface area contributed by atoms with Gasteiger partial charge in [0.15, 0.2) is 16.8 Å². The summed E-state index contributed by atoms with van der Waals surface area (Å²) in [4.78, 5) is 15.4. The fourth-order valence-corrected chi connectivity index (χ4v) is 3.20. The summed E-state index contributed by atoms with van der Waals surface area (Å²) in [6.07, 6.45) is 2.12. The minimum absolute atomic E-state index is 0.0404. The number of hydrogen-bond acceptors (Lipinski definition) is 5. The minimum atomic E-state index is -1.02. The molecule has 0 bridgehead atoms. The van der Waals surface area contributed by atoms with E-state index in [2.05, 4.69) is 20.7 Å². The number of rotatable bonds is 10. The molecule has 0 fully saturated rings. The van der Waals surface area contributed by atoms with Crippen LogP contribution in [0.3, 0.4) is 0 Å². The molecule has 0 unspecified atom stereocenters. The molecule has 2 aromatic carbocycles. The van der Waals surface area contributed by atoms with Crippen molar-refractivity contribution in [3.8, 4) is 11.3 Å². The van der Waals surface area contributed by atoms with Crippen molar-refractivity contribution in [1.82, 2.24) is 0 Å². The molecule has 0 aliphatic rings. The molecule has 3 aromatic rings. The van der Waals surface area contributed by atoms with E-state index in [1.165, 1.54) is 12.1 Å². The van der Waals surface area contributed by atoms with Gasteiger partial charge in [-0.25, -0.2) is 13.2 Å². The average Bonchev–Trinajstić information content (AvgIpc) is 2.77. The van der Waals surface area contributed by atoms with E-state index in [1.54, 1.807) is 0 Å². The van der Waals surface area contributed by atoms with Crippen LogP contribution in [0, 0.1) is 17.5 Å². The molecule has 168 valence electrons. The first-order chi connectivity index (χ1) is 15.5. The third kappa shape index (κ3) is 5.15. The zero-order valence-electron chi connectivity index (χ0n) is 17.4. The lowest BCUT2D eigenvalue weighted by Crippen LogP contribution is -2.10. The molecule has 0 amide bonds. The van der Waals surface area contributed by atoms with Gasteiger partial charge in [0, 0.05) is 42.2 Å². The first-order valence-electron chi connectivity index (χ1n) is 10.2. The number of fused-ring (bicyclic) bond motifs is 1. The Kier molecular flexibility index (Phi) is 7.62. The van der Waals surface area contributed by atoms with Gasteiger partial charge < -0.3 is 15.1 Å². The van der Waals surface area contributed by atoms with Crippen LogP contribution in [0.4, 0.5) is 24.5 Å². The molecular weight excluding hydrogens is 423 g/mol. The number of halogens is 3. The molecule has 0 radical (unpaired) electrons. The zero-order valence-corrected chi connectivity index (χ0v) is 17.4. The Morgan fingerprint density at radius 2 is 1.81 bits per heavy atom. The number of anilines is 2. The van der Waals surface area contributed by atoms with Crippen LogP contribution in [0.1, 0.15) is 26.2 Å². The Morgan fingerprint density at radius 1 is 1.03 bits per heavy atom. The number of benzene rings is 2. The minimum Gasteiger partial charge on any atom is -0.453 e. The molecule has 0 aliphatic heterocycles. The van der Waals surface area contributed by atoms with Gasteiger partial charge in [0.25, 0.3) is 0 Å². The van der Waals surface area contributed by atoms with Crippen molar-refractivity contribution in [3.63, 3.8) is 0 Å². The second-order valence-corrected chi connectivity index (χ2v) is 7.10. The number of hydrogen-bond donors (Lipinski definition) is 2. The van der Waals surface area contributed by atoms with Gasteiger partial charge in [-0.1, -0.05) is 18.5 Å². The monoisotopic (exact) mass is 445 g/mol. The molecule has 32 heavy (non-hydrogen) atoms. The van der Waals surface area contributed by atoms with E-state index < -0.39 is 28.5 Å². The summed E-state index contributed by atoms with van der Waals surface area (Å²) in [5, 5.41) is 8.89. The number of unbranched alkanes of at least 4 members (excludes halogenated alkanes) is 1. The Labute approximate surface area is 181 Å². The second kappa shape index (κ2) is 10.6. The van der Waals surface area contributed by atoms with Gasteiger partial charge in [-0.15, -0.1) is 0 Å². The molecule has 3 rings (SSSR count). The number of nitrogens with zero attached hydrogens (tertiary/aromatic N) is 3. The quantitative estimate of drug-likeness (QED) is 0.168. The maximum absolute atomic E-state index is 14.5. The Balaban J connectivity index is 1.93. The van der Waals surface area contributed by atoms with E-state index in [9.17, 15) is 18.0 Å². The van der Waals surface area contributed by atoms with Crippen LogP contribution in [0.2, 0.25) is 0 Å². The standard InChI is InChI=1S/C22H22F3N5O2/c1-2-3-7-28-21-15(24)11-16(25)22-20(21)18(31)12-19(32-22)13-5-6-17(14(23)10-13)27-8-4-9-29-30-26/h5-6,10-12,27-28H,2-4,7-9H2,1H3. The van der Waals surface area contributed by atoms with Crippen molar-refractivity contribution < 1.29 is 17.6 Å². The zero-order chi connectivity index (χ0) is 23.1. The molecule has 0 atom stereocenters. The van der Waals surface area contributed by atoms with Crippen LogP contribution >= 0.6 is 0 Å². The summed E-state index contributed by atoms with van der Waals surface area (Å²) in [6, 6.07) is 5.88. The first kappa shape index (κ1) is 23.0. The molecule has 0 saturated heterocycles. The lowest BCUT2D eigenvalue weighted by Gasteiger charge is -2.12. The van der Waals surface area contributed by atoms with Crippen molar-refractivity contribution in [1.29, 1.82) is 0 Å². The molecular formula is C22H22F3N5O2. The highest BCUT2D eigenvalue weighted by Crippen LogP contribution is 2.31. The lowest BCUT2D eigenvalue weighted by molar-refractivity contribution is 0.545. The summed E-state index contributed by atoms with van der Waals surface area (Å²) in [6.45, 7) is 3.06. The SMILES string of the molecule is CCCCNc1c(F)cc(F)c2oc(-c3ccc(NCCCN=[N+]=[N-])c(F)c3)cc(=O)c12. The third-order valence-corrected chi connectivity index (χ3v) is 4.81. The Bertz CT molecular complexity index is 1220. The topological polar surface area (TPSA) is 103 Å². The molecule has 10 heteroatoms. The highest BCUT2D eigenvalue weighted by atomic mass is 19.1. The van der Waals surface area contributed by atoms with Crippen molar-refractivity contribution in [2.75, 3.05) is 30.3 Å². The summed E-state index contributed by atoms with van der Waals surface area (Å²) in [7, 11) is 0. The molecule has 1 aromatic heterocycles. The van der Waals surface area contributed by atoms with Gasteiger partial charge in [0.05, 0.1) is 16.8 Å². The van der Waals surface area contributed by atoms with Gasteiger partial charge in [0.1, 0.15) is 17.4 Å². The average molecular weight is 445 g/mol. The van der Waals surface area contributed by atoms with Crippen molar-refractivity contribution in [2.45, 2.75) is 26.2 Å². The number of nitrogens with one attached hydrogen (secondary N) is 2. The molecule has 0 spiro atoms.